The minimum Gasteiger partial charge on any atom is -0.450 e. The number of hydrogen-bond donors (Lipinski definition) is 2. The topological polar surface area (TPSA) is 105 Å². The Labute approximate surface area is 102 Å². The minimum atomic E-state index is -0.711. The van der Waals surface area contributed by atoms with Crippen LogP contribution in [-0.2, 0) is 9.47 Å². The van der Waals surface area contributed by atoms with E-state index in [4.69, 9.17) is 0 Å². The van der Waals surface area contributed by atoms with Gasteiger partial charge >= 0.3 is 12.2 Å². The standard InChI is InChI=1S/C5H8.2C3H7NO2/c1-4-5(2)3;2*1-2-6-3(4)5/h4H,1-2H2,3H3;2*2H2,1H3,(H2,4,5). The molecule has 0 aliphatic heterocycles. The zero-order valence-corrected chi connectivity index (χ0v) is 10.7. The smallest absolute Gasteiger partial charge is 0.404 e. The van der Waals surface area contributed by atoms with Gasteiger partial charge in [0.1, 0.15) is 0 Å². The van der Waals surface area contributed by atoms with Crippen molar-refractivity contribution in [2.24, 2.45) is 11.5 Å². The van der Waals surface area contributed by atoms with Gasteiger partial charge in [0.05, 0.1) is 13.2 Å². The molecule has 0 unspecified atom stereocenters. The number of nitrogens with two attached hydrogens (primary N) is 2. The van der Waals surface area contributed by atoms with Crippen LogP contribution in [0, 0.1) is 0 Å². The first kappa shape index (κ1) is 20.4. The average Bonchev–Trinajstić information content (AvgIpc) is 2.19. The van der Waals surface area contributed by atoms with Crippen LogP contribution in [0.4, 0.5) is 9.59 Å². The van der Waals surface area contributed by atoms with Crippen molar-refractivity contribution in [3.8, 4) is 0 Å². The molecule has 0 bridgehead atoms. The van der Waals surface area contributed by atoms with Crippen LogP contribution in [-0.4, -0.2) is 25.4 Å². The molecule has 0 fully saturated rings. The fourth-order valence-corrected chi connectivity index (χ4v) is 0.285. The fraction of sp³-hybridized carbons (Fsp3) is 0.455. The van der Waals surface area contributed by atoms with E-state index in [0.29, 0.717) is 13.2 Å². The summed E-state index contributed by atoms with van der Waals surface area (Å²) in [6.45, 7) is 13.0. The summed E-state index contributed by atoms with van der Waals surface area (Å²) < 4.78 is 8.36. The Kier molecular flexibility index (Phi) is 19.8. The molecule has 0 heterocycles. The summed E-state index contributed by atoms with van der Waals surface area (Å²) in [4.78, 5) is 19.2. The van der Waals surface area contributed by atoms with Gasteiger partial charge in [-0.05, 0) is 20.8 Å². The molecule has 17 heavy (non-hydrogen) atoms. The van der Waals surface area contributed by atoms with E-state index in [-0.39, 0.29) is 0 Å². The lowest BCUT2D eigenvalue weighted by Crippen LogP contribution is -2.11. The van der Waals surface area contributed by atoms with E-state index in [0.717, 1.165) is 5.57 Å². The van der Waals surface area contributed by atoms with Crippen molar-refractivity contribution in [3.63, 3.8) is 0 Å². The van der Waals surface area contributed by atoms with Crippen LogP contribution in [0.25, 0.3) is 0 Å². The number of hydrogen-bond acceptors (Lipinski definition) is 4. The molecule has 2 amide bonds. The van der Waals surface area contributed by atoms with Crippen molar-refractivity contribution in [3.05, 3.63) is 24.8 Å². The van der Waals surface area contributed by atoms with Crippen molar-refractivity contribution in [2.75, 3.05) is 13.2 Å². The van der Waals surface area contributed by atoms with Gasteiger partial charge in [-0.1, -0.05) is 24.8 Å². The Morgan fingerprint density at radius 1 is 1.12 bits per heavy atom. The normalized spacial score (nSPS) is 7.24. The van der Waals surface area contributed by atoms with E-state index in [1.54, 1.807) is 19.9 Å². The van der Waals surface area contributed by atoms with Crippen molar-refractivity contribution < 1.29 is 19.1 Å². The molecule has 0 saturated carbocycles. The SMILES string of the molecule is C=CC(=C)C.CCOC(N)=O.CCOC(N)=O. The highest BCUT2D eigenvalue weighted by atomic mass is 16.5. The number of allylic oxidation sites excluding steroid dienone is 2. The third-order valence-electron chi connectivity index (χ3n) is 0.922. The van der Waals surface area contributed by atoms with Crippen LogP contribution in [0.1, 0.15) is 20.8 Å². The maximum absolute atomic E-state index is 9.60. The van der Waals surface area contributed by atoms with E-state index in [2.05, 4.69) is 34.1 Å². The lowest BCUT2D eigenvalue weighted by molar-refractivity contribution is 0.162. The monoisotopic (exact) mass is 246 g/mol. The van der Waals surface area contributed by atoms with Crippen molar-refractivity contribution >= 4 is 12.2 Å². The molecular weight excluding hydrogens is 224 g/mol. The number of amides is 2. The molecule has 6 heteroatoms. The predicted molar refractivity (Wildman–Crippen MR) is 67.4 cm³/mol. The highest BCUT2D eigenvalue weighted by Gasteiger charge is 1.82. The second kappa shape index (κ2) is 16.4. The van der Waals surface area contributed by atoms with Crippen LogP contribution in [0.5, 0.6) is 0 Å². The summed E-state index contributed by atoms with van der Waals surface area (Å²) in [6.07, 6.45) is 0.301. The van der Waals surface area contributed by atoms with Crippen LogP contribution >= 0.6 is 0 Å². The van der Waals surface area contributed by atoms with Crippen LogP contribution in [0.15, 0.2) is 24.8 Å². The molecule has 0 spiro atoms. The summed E-state index contributed by atoms with van der Waals surface area (Å²) in [7, 11) is 0. The largest absolute Gasteiger partial charge is 0.450 e. The zero-order chi connectivity index (χ0) is 14.3. The third-order valence-corrected chi connectivity index (χ3v) is 0.922. The Balaban J connectivity index is -0.000000174. The maximum atomic E-state index is 9.60. The van der Waals surface area contributed by atoms with Gasteiger partial charge in [-0.3, -0.25) is 0 Å². The van der Waals surface area contributed by atoms with Crippen LogP contribution in [0.2, 0.25) is 0 Å². The predicted octanol–water partition coefficient (Wildman–Crippen LogP) is 1.95. The lowest BCUT2D eigenvalue weighted by atomic mass is 10.4. The summed E-state index contributed by atoms with van der Waals surface area (Å²) in [5.41, 5.74) is 10.1. The first-order valence-corrected chi connectivity index (χ1v) is 4.94. The molecule has 0 aromatic carbocycles. The van der Waals surface area contributed by atoms with Gasteiger partial charge in [-0.15, -0.1) is 0 Å². The third kappa shape index (κ3) is 55.9. The Hall–Kier alpha value is -1.98. The van der Waals surface area contributed by atoms with Gasteiger partial charge < -0.3 is 20.9 Å². The molecule has 0 aromatic rings. The van der Waals surface area contributed by atoms with Gasteiger partial charge in [0.25, 0.3) is 0 Å². The molecule has 6 nitrogen and oxygen atoms in total. The Bertz CT molecular complexity index is 224. The average molecular weight is 246 g/mol. The molecule has 0 aromatic heterocycles. The fourth-order valence-electron chi connectivity index (χ4n) is 0.285. The number of carbonyl (C=O) groups excluding carboxylic acids is 2. The molecule has 0 radical (unpaired) electrons. The number of rotatable bonds is 3. The van der Waals surface area contributed by atoms with Crippen molar-refractivity contribution in [1.82, 2.24) is 0 Å². The molecule has 0 aliphatic rings. The quantitative estimate of drug-likeness (QED) is 0.742. The summed E-state index contributed by atoms with van der Waals surface area (Å²) in [5, 5.41) is 0. The van der Waals surface area contributed by atoms with E-state index in [1.165, 1.54) is 0 Å². The summed E-state index contributed by atoms with van der Waals surface area (Å²) >= 11 is 0. The molecule has 100 valence electrons. The number of ether oxygens (including phenoxy) is 2. The highest BCUT2D eigenvalue weighted by Crippen LogP contribution is 1.81. The highest BCUT2D eigenvalue weighted by molar-refractivity contribution is 5.64. The van der Waals surface area contributed by atoms with Crippen LogP contribution in [0.3, 0.4) is 0 Å². The molecule has 0 aliphatic carbocycles. The van der Waals surface area contributed by atoms with E-state index in [9.17, 15) is 9.59 Å². The van der Waals surface area contributed by atoms with Gasteiger partial charge in [-0.25, -0.2) is 9.59 Å². The summed E-state index contributed by atoms with van der Waals surface area (Å²) in [5.74, 6) is 0. The van der Waals surface area contributed by atoms with Gasteiger partial charge in [0.2, 0.25) is 0 Å². The Morgan fingerprint density at radius 3 is 1.35 bits per heavy atom. The molecule has 4 N–H and O–H groups in total. The maximum Gasteiger partial charge on any atom is 0.404 e. The van der Waals surface area contributed by atoms with Gasteiger partial charge in [0.15, 0.2) is 0 Å². The molecule has 0 atom stereocenters. The first-order chi connectivity index (χ1) is 7.81. The van der Waals surface area contributed by atoms with Crippen LogP contribution < -0.4 is 11.5 Å². The van der Waals surface area contributed by atoms with Crippen molar-refractivity contribution in [1.29, 1.82) is 0 Å². The van der Waals surface area contributed by atoms with E-state index >= 15 is 0 Å². The lowest BCUT2D eigenvalue weighted by Gasteiger charge is -1.89. The zero-order valence-electron chi connectivity index (χ0n) is 10.7. The molecule has 0 rings (SSSR count). The minimum absolute atomic E-state index is 0.356. The summed E-state index contributed by atoms with van der Waals surface area (Å²) in [6, 6.07) is 0. The second-order valence-corrected chi connectivity index (χ2v) is 2.55. The second-order valence-electron chi connectivity index (χ2n) is 2.55. The Morgan fingerprint density at radius 2 is 1.35 bits per heavy atom. The number of primary amides is 2. The van der Waals surface area contributed by atoms with E-state index < -0.39 is 12.2 Å². The number of carbonyl (C=O) groups is 2. The van der Waals surface area contributed by atoms with Crippen molar-refractivity contribution in [2.45, 2.75) is 20.8 Å². The molecule has 0 saturated heterocycles. The van der Waals surface area contributed by atoms with Gasteiger partial charge in [0, 0.05) is 0 Å². The van der Waals surface area contributed by atoms with E-state index in [1.807, 2.05) is 6.92 Å². The molecular formula is C11H22N2O4. The first-order valence-electron chi connectivity index (χ1n) is 4.94. The van der Waals surface area contributed by atoms with Gasteiger partial charge in [-0.2, -0.15) is 0 Å².